The molecule has 3 aliphatic rings. The quantitative estimate of drug-likeness (QED) is 0.786. The molecule has 0 bridgehead atoms. The summed E-state index contributed by atoms with van der Waals surface area (Å²) in [6, 6.07) is 4.41. The first-order valence-corrected chi connectivity index (χ1v) is 9.32. The number of hydrogen-bond acceptors (Lipinski definition) is 3. The van der Waals surface area contributed by atoms with Crippen LogP contribution in [0.25, 0.3) is 0 Å². The lowest BCUT2D eigenvalue weighted by atomic mass is 9.76. The molecule has 0 aromatic heterocycles. The van der Waals surface area contributed by atoms with E-state index in [1.54, 1.807) is 0 Å². The fourth-order valence-corrected chi connectivity index (χ4v) is 5.51. The second-order valence-corrected chi connectivity index (χ2v) is 7.97. The zero-order valence-corrected chi connectivity index (χ0v) is 14.8. The number of alkyl halides is 4. The monoisotopic (exact) mass is 385 g/mol. The number of carbonyl (C=O) groups is 1. The Labute approximate surface area is 155 Å². The Morgan fingerprint density at radius 1 is 1.22 bits per heavy atom. The topological polar surface area (TPSA) is 58.4 Å². The van der Waals surface area contributed by atoms with Gasteiger partial charge in [-0.3, -0.25) is 9.69 Å². The number of nitrogens with zero attached hydrogens (tertiary/aromatic N) is 1. The molecule has 2 saturated heterocycles. The molecular weight excluding hydrogens is 362 g/mol. The van der Waals surface area contributed by atoms with Gasteiger partial charge in [-0.25, -0.2) is 4.39 Å². The van der Waals surface area contributed by atoms with Crippen LogP contribution in [-0.4, -0.2) is 42.7 Å². The van der Waals surface area contributed by atoms with Crippen LogP contribution in [0.15, 0.2) is 24.3 Å². The van der Waals surface area contributed by atoms with E-state index in [9.17, 15) is 22.4 Å². The van der Waals surface area contributed by atoms with E-state index in [0.717, 1.165) is 25.1 Å². The Morgan fingerprint density at radius 2 is 1.93 bits per heavy atom. The van der Waals surface area contributed by atoms with E-state index >= 15 is 0 Å². The van der Waals surface area contributed by atoms with Crippen LogP contribution in [0.1, 0.15) is 30.4 Å². The van der Waals surface area contributed by atoms with Gasteiger partial charge < -0.3 is 11.1 Å². The minimum Gasteiger partial charge on any atom is -0.368 e. The van der Waals surface area contributed by atoms with Crippen molar-refractivity contribution >= 4 is 5.91 Å². The molecule has 1 amide bonds. The van der Waals surface area contributed by atoms with Crippen LogP contribution in [0.5, 0.6) is 0 Å². The largest absolute Gasteiger partial charge is 0.416 e. The number of nitrogens with two attached hydrogens (primary N) is 1. The molecule has 3 fully saturated rings. The third-order valence-corrected chi connectivity index (χ3v) is 6.65. The van der Waals surface area contributed by atoms with Crippen molar-refractivity contribution in [3.8, 4) is 0 Å². The van der Waals surface area contributed by atoms with Crippen molar-refractivity contribution in [1.29, 1.82) is 0 Å². The third-order valence-electron chi connectivity index (χ3n) is 6.65. The molecule has 5 atom stereocenters. The van der Waals surface area contributed by atoms with Gasteiger partial charge in [0.15, 0.2) is 0 Å². The van der Waals surface area contributed by atoms with Crippen LogP contribution >= 0.6 is 0 Å². The van der Waals surface area contributed by atoms with E-state index in [2.05, 4.69) is 5.32 Å². The van der Waals surface area contributed by atoms with Gasteiger partial charge in [0.05, 0.1) is 17.1 Å². The molecule has 27 heavy (non-hydrogen) atoms. The summed E-state index contributed by atoms with van der Waals surface area (Å²) in [4.78, 5) is 13.9. The molecule has 3 N–H and O–H groups in total. The molecule has 1 saturated carbocycles. The van der Waals surface area contributed by atoms with Gasteiger partial charge in [0.1, 0.15) is 6.17 Å². The van der Waals surface area contributed by atoms with E-state index in [1.807, 2.05) is 4.90 Å². The fraction of sp³-hybridized carbons (Fsp3) is 0.632. The van der Waals surface area contributed by atoms with Gasteiger partial charge in [-0.05, 0) is 48.9 Å². The molecule has 1 aromatic rings. The van der Waals surface area contributed by atoms with E-state index in [-0.39, 0.29) is 18.9 Å². The maximum Gasteiger partial charge on any atom is 0.416 e. The number of carbonyl (C=O) groups excluding carboxylic acids is 1. The zero-order valence-electron chi connectivity index (χ0n) is 14.8. The molecule has 4 rings (SSSR count). The van der Waals surface area contributed by atoms with Gasteiger partial charge in [0.2, 0.25) is 5.91 Å². The average molecular weight is 385 g/mol. The van der Waals surface area contributed by atoms with E-state index in [1.165, 1.54) is 12.1 Å². The van der Waals surface area contributed by atoms with Gasteiger partial charge in [-0.1, -0.05) is 12.1 Å². The summed E-state index contributed by atoms with van der Waals surface area (Å²) in [7, 11) is 0. The molecule has 0 spiro atoms. The van der Waals surface area contributed by atoms with E-state index < -0.39 is 35.4 Å². The minimum atomic E-state index is -4.41. The number of hydrogen-bond donors (Lipinski definition) is 2. The standard InChI is InChI=1S/C19H23F4N3O/c20-14-7-16(17(24)27)26(10-14)18(6-5-11-8-25-9-15(11)18)12-1-3-13(4-2-12)19(21,22)23/h1-4,11,14-16,25H,5-10H2,(H2,24,27)/t11-,14-,15+,16+,18-/m1/s1. The Bertz CT molecular complexity index is 723. The van der Waals surface area contributed by atoms with Crippen LogP contribution in [0.3, 0.4) is 0 Å². The maximum atomic E-state index is 14.3. The lowest BCUT2D eigenvalue weighted by Gasteiger charge is -2.46. The zero-order chi connectivity index (χ0) is 19.4. The number of primary amides is 1. The summed E-state index contributed by atoms with van der Waals surface area (Å²) in [5.74, 6) is -0.100. The van der Waals surface area contributed by atoms with Crippen LogP contribution in [0.2, 0.25) is 0 Å². The highest BCUT2D eigenvalue weighted by atomic mass is 19.4. The average Bonchev–Trinajstić information content (AvgIpc) is 3.29. The third kappa shape index (κ3) is 2.93. The number of likely N-dealkylation sites (tertiary alicyclic amines) is 1. The van der Waals surface area contributed by atoms with Crippen molar-refractivity contribution in [1.82, 2.24) is 10.2 Å². The number of rotatable bonds is 3. The van der Waals surface area contributed by atoms with E-state index in [4.69, 9.17) is 5.73 Å². The first-order valence-electron chi connectivity index (χ1n) is 9.32. The molecular formula is C19H23F4N3O. The summed E-state index contributed by atoms with van der Waals surface area (Å²) in [6.07, 6.45) is -3.96. The predicted molar refractivity (Wildman–Crippen MR) is 91.4 cm³/mol. The van der Waals surface area contributed by atoms with E-state index in [0.29, 0.717) is 24.4 Å². The molecule has 1 aromatic carbocycles. The molecule has 8 heteroatoms. The van der Waals surface area contributed by atoms with Crippen molar-refractivity contribution in [2.75, 3.05) is 19.6 Å². The highest BCUT2D eigenvalue weighted by Gasteiger charge is 2.58. The minimum absolute atomic E-state index is 0.0442. The summed E-state index contributed by atoms with van der Waals surface area (Å²) >= 11 is 0. The van der Waals surface area contributed by atoms with Crippen LogP contribution in [0, 0.1) is 11.8 Å². The second kappa shape index (κ2) is 6.44. The lowest BCUT2D eigenvalue weighted by Crippen LogP contribution is -2.55. The first-order chi connectivity index (χ1) is 12.7. The highest BCUT2D eigenvalue weighted by Crippen LogP contribution is 2.54. The second-order valence-electron chi connectivity index (χ2n) is 7.97. The van der Waals surface area contributed by atoms with Gasteiger partial charge >= 0.3 is 6.18 Å². The Morgan fingerprint density at radius 3 is 2.56 bits per heavy atom. The van der Waals surface area contributed by atoms with Gasteiger partial charge in [-0.15, -0.1) is 0 Å². The van der Waals surface area contributed by atoms with Crippen molar-refractivity contribution in [3.05, 3.63) is 35.4 Å². The summed E-state index contributed by atoms with van der Waals surface area (Å²) in [5, 5.41) is 3.35. The number of fused-ring (bicyclic) bond motifs is 1. The highest BCUT2D eigenvalue weighted by molar-refractivity contribution is 5.80. The van der Waals surface area contributed by atoms with Crippen molar-refractivity contribution in [3.63, 3.8) is 0 Å². The predicted octanol–water partition coefficient (Wildman–Crippen LogP) is 2.43. The Kier molecular flexibility index (Phi) is 4.46. The molecule has 0 radical (unpaired) electrons. The van der Waals surface area contributed by atoms with Crippen LogP contribution < -0.4 is 11.1 Å². The Hall–Kier alpha value is -1.67. The first kappa shape index (κ1) is 18.7. The maximum absolute atomic E-state index is 14.3. The summed E-state index contributed by atoms with van der Waals surface area (Å²) < 4.78 is 53.3. The van der Waals surface area contributed by atoms with Crippen molar-refractivity contribution < 1.29 is 22.4 Å². The Balaban J connectivity index is 1.79. The smallest absolute Gasteiger partial charge is 0.368 e. The SMILES string of the molecule is NC(=O)[C@@H]1C[C@@H](F)CN1[C@@]1(c2ccc(C(F)(F)F)cc2)CC[C@@H]2CNC[C@@H]21. The van der Waals surface area contributed by atoms with Gasteiger partial charge in [0, 0.05) is 19.5 Å². The molecule has 2 aliphatic heterocycles. The number of amides is 1. The summed E-state index contributed by atoms with van der Waals surface area (Å²) in [6.45, 7) is 1.61. The van der Waals surface area contributed by atoms with Gasteiger partial charge in [0.25, 0.3) is 0 Å². The van der Waals surface area contributed by atoms with Crippen molar-refractivity contribution in [2.45, 2.75) is 43.2 Å². The summed E-state index contributed by atoms with van der Waals surface area (Å²) in [5.41, 5.74) is 4.90. The van der Waals surface area contributed by atoms with Crippen LogP contribution in [-0.2, 0) is 16.5 Å². The van der Waals surface area contributed by atoms with Crippen molar-refractivity contribution in [2.24, 2.45) is 17.6 Å². The molecule has 2 heterocycles. The number of benzene rings is 1. The fourth-order valence-electron chi connectivity index (χ4n) is 5.51. The number of nitrogens with one attached hydrogen (secondary N) is 1. The number of halogens is 4. The normalized spacial score (nSPS) is 36.9. The lowest BCUT2D eigenvalue weighted by molar-refractivity contribution is -0.137. The molecule has 1 aliphatic carbocycles. The molecule has 4 nitrogen and oxygen atoms in total. The van der Waals surface area contributed by atoms with Crippen LogP contribution in [0.4, 0.5) is 17.6 Å². The van der Waals surface area contributed by atoms with Gasteiger partial charge in [-0.2, -0.15) is 13.2 Å². The molecule has 0 unspecified atom stereocenters. The molecule has 148 valence electrons.